The number of aliphatic hydroxyl groups is 1. The molecule has 0 heterocycles. The first-order chi connectivity index (χ1) is 14.0. The Balaban J connectivity index is 1.26. The molecular formula is C22H27Cl2NO4. The van der Waals surface area contributed by atoms with Gasteiger partial charge in [0.2, 0.25) is 5.91 Å². The zero-order chi connectivity index (χ0) is 20.5. The van der Waals surface area contributed by atoms with Gasteiger partial charge in [0.25, 0.3) is 0 Å². The fourth-order valence-electron chi connectivity index (χ4n) is 5.99. The first kappa shape index (κ1) is 21.0. The third-order valence-electron chi connectivity index (χ3n) is 7.16. The number of nitrogens with one attached hydrogen (secondary N) is 1. The molecule has 0 saturated heterocycles. The Morgan fingerprint density at radius 3 is 2.76 bits per heavy atom. The molecule has 0 aromatic heterocycles. The molecule has 4 fully saturated rings. The maximum atomic E-state index is 12.5. The largest absolute Gasteiger partial charge is 0.492 e. The standard InChI is InChI=1S/C22H27Cl2NO4/c23-18-3-4-19(21(24)17(18)11-27)29-5-1-2-20(28)25-22-14-7-12-6-13(9-14)16(10-26)15(22)8-12/h3-4,11-16,22,26H,1-2,5-10H2,(H,25,28). The number of carbonyl (C=O) groups excluding carboxylic acids is 2. The third kappa shape index (κ3) is 4.14. The molecule has 4 aliphatic rings. The Bertz CT molecular complexity index is 786. The zero-order valence-corrected chi connectivity index (χ0v) is 17.8. The molecule has 4 saturated carbocycles. The van der Waals surface area contributed by atoms with Crippen molar-refractivity contribution < 1.29 is 19.4 Å². The molecule has 5 nitrogen and oxygen atoms in total. The second kappa shape index (κ2) is 8.83. The lowest BCUT2D eigenvalue weighted by Gasteiger charge is -2.58. The predicted octanol–water partition coefficient (Wildman–Crippen LogP) is 4.12. The van der Waals surface area contributed by atoms with Gasteiger partial charge < -0.3 is 15.2 Å². The molecule has 7 heteroatoms. The second-order valence-electron chi connectivity index (χ2n) is 8.78. The lowest BCUT2D eigenvalue weighted by molar-refractivity contribution is -0.129. The van der Waals surface area contributed by atoms with E-state index < -0.39 is 0 Å². The summed E-state index contributed by atoms with van der Waals surface area (Å²) in [6.07, 6.45) is 6.29. The molecule has 6 atom stereocenters. The highest BCUT2D eigenvalue weighted by atomic mass is 35.5. The molecule has 1 amide bonds. The van der Waals surface area contributed by atoms with Gasteiger partial charge in [-0.15, -0.1) is 0 Å². The summed E-state index contributed by atoms with van der Waals surface area (Å²) < 4.78 is 5.64. The van der Waals surface area contributed by atoms with Gasteiger partial charge in [0.05, 0.1) is 22.2 Å². The molecule has 1 aromatic rings. The van der Waals surface area contributed by atoms with E-state index >= 15 is 0 Å². The summed E-state index contributed by atoms with van der Waals surface area (Å²) in [5, 5.41) is 13.6. The van der Waals surface area contributed by atoms with E-state index in [9.17, 15) is 14.7 Å². The van der Waals surface area contributed by atoms with Gasteiger partial charge in [-0.05, 0) is 73.8 Å². The lowest BCUT2D eigenvalue weighted by atomic mass is 9.50. The highest BCUT2D eigenvalue weighted by Gasteiger charge is 2.53. The van der Waals surface area contributed by atoms with Gasteiger partial charge in [0.15, 0.2) is 6.29 Å². The van der Waals surface area contributed by atoms with E-state index in [1.54, 1.807) is 12.1 Å². The Morgan fingerprint density at radius 2 is 2.00 bits per heavy atom. The van der Waals surface area contributed by atoms with E-state index in [4.69, 9.17) is 27.9 Å². The molecule has 1 aromatic carbocycles. The van der Waals surface area contributed by atoms with E-state index in [1.165, 1.54) is 12.8 Å². The molecule has 6 unspecified atom stereocenters. The highest BCUT2D eigenvalue weighted by molar-refractivity contribution is 6.39. The van der Waals surface area contributed by atoms with Crippen molar-refractivity contribution in [3.63, 3.8) is 0 Å². The van der Waals surface area contributed by atoms with Crippen LogP contribution in [0.1, 0.15) is 48.9 Å². The molecule has 158 valence electrons. The van der Waals surface area contributed by atoms with Crippen LogP contribution in [0, 0.1) is 29.6 Å². The molecular weight excluding hydrogens is 413 g/mol. The summed E-state index contributed by atoms with van der Waals surface area (Å²) in [6.45, 7) is 0.563. The van der Waals surface area contributed by atoms with Gasteiger partial charge in [-0.3, -0.25) is 9.59 Å². The molecule has 4 aliphatic carbocycles. The number of amides is 1. The predicted molar refractivity (Wildman–Crippen MR) is 112 cm³/mol. The summed E-state index contributed by atoms with van der Waals surface area (Å²) >= 11 is 12.1. The lowest BCUT2D eigenvalue weighted by Crippen LogP contribution is -2.60. The number of hydrogen-bond donors (Lipinski definition) is 2. The minimum absolute atomic E-state index is 0.0403. The van der Waals surface area contributed by atoms with Crippen molar-refractivity contribution in [1.29, 1.82) is 0 Å². The van der Waals surface area contributed by atoms with E-state index in [2.05, 4.69) is 5.32 Å². The molecule has 5 rings (SSSR count). The SMILES string of the molecule is O=Cc1c(Cl)ccc(OCCCC(=O)NC2C3CC4CC(C3)C(CO)C2C4)c1Cl. The molecule has 0 aliphatic heterocycles. The first-order valence-corrected chi connectivity index (χ1v) is 11.2. The van der Waals surface area contributed by atoms with E-state index in [-0.39, 0.29) is 34.2 Å². The molecule has 0 spiro atoms. The molecule has 0 radical (unpaired) electrons. The Labute approximate surface area is 181 Å². The maximum Gasteiger partial charge on any atom is 0.220 e. The highest BCUT2D eigenvalue weighted by Crippen LogP contribution is 2.56. The van der Waals surface area contributed by atoms with Crippen LogP contribution in [-0.2, 0) is 4.79 Å². The van der Waals surface area contributed by atoms with Crippen LogP contribution >= 0.6 is 23.2 Å². The average Bonchev–Trinajstić information content (AvgIpc) is 2.69. The van der Waals surface area contributed by atoms with Crippen LogP contribution in [0.15, 0.2) is 12.1 Å². The van der Waals surface area contributed by atoms with Gasteiger partial charge in [-0.25, -0.2) is 0 Å². The van der Waals surface area contributed by atoms with Crippen LogP contribution in [0.5, 0.6) is 5.75 Å². The Kier molecular flexibility index (Phi) is 6.38. The summed E-state index contributed by atoms with van der Waals surface area (Å²) in [6, 6.07) is 3.40. The number of aldehydes is 1. The van der Waals surface area contributed by atoms with Crippen LogP contribution in [0.3, 0.4) is 0 Å². The molecule has 29 heavy (non-hydrogen) atoms. The van der Waals surface area contributed by atoms with Gasteiger partial charge in [0, 0.05) is 19.1 Å². The monoisotopic (exact) mass is 439 g/mol. The smallest absolute Gasteiger partial charge is 0.220 e. The van der Waals surface area contributed by atoms with Gasteiger partial charge in [0.1, 0.15) is 5.75 Å². The minimum atomic E-state index is 0.0403. The summed E-state index contributed by atoms with van der Waals surface area (Å²) in [5.41, 5.74) is 0.212. The second-order valence-corrected chi connectivity index (χ2v) is 9.56. The van der Waals surface area contributed by atoms with Crippen molar-refractivity contribution in [2.45, 2.75) is 44.6 Å². The number of halogens is 2. The number of benzene rings is 1. The van der Waals surface area contributed by atoms with E-state index in [0.29, 0.717) is 55.2 Å². The maximum absolute atomic E-state index is 12.5. The van der Waals surface area contributed by atoms with Crippen molar-refractivity contribution in [3.8, 4) is 5.75 Å². The van der Waals surface area contributed by atoms with Crippen LogP contribution in [-0.4, -0.2) is 36.6 Å². The van der Waals surface area contributed by atoms with Crippen LogP contribution in [0.25, 0.3) is 0 Å². The quantitative estimate of drug-likeness (QED) is 0.471. The van der Waals surface area contributed by atoms with Crippen molar-refractivity contribution in [1.82, 2.24) is 5.32 Å². The fourth-order valence-corrected chi connectivity index (χ4v) is 6.51. The summed E-state index contributed by atoms with van der Waals surface area (Å²) in [5.74, 6) is 3.19. The van der Waals surface area contributed by atoms with Crippen LogP contribution < -0.4 is 10.1 Å². The normalized spacial score (nSPS) is 32.2. The third-order valence-corrected chi connectivity index (χ3v) is 7.88. The van der Waals surface area contributed by atoms with Crippen LogP contribution in [0.4, 0.5) is 0 Å². The van der Waals surface area contributed by atoms with Gasteiger partial charge in [-0.2, -0.15) is 0 Å². The van der Waals surface area contributed by atoms with E-state index in [1.807, 2.05) is 0 Å². The van der Waals surface area contributed by atoms with Crippen molar-refractivity contribution in [3.05, 3.63) is 27.7 Å². The number of rotatable bonds is 8. The average molecular weight is 440 g/mol. The van der Waals surface area contributed by atoms with Crippen LogP contribution in [0.2, 0.25) is 10.0 Å². The fraction of sp³-hybridized carbons (Fsp3) is 0.636. The van der Waals surface area contributed by atoms with Crippen molar-refractivity contribution in [2.75, 3.05) is 13.2 Å². The number of hydrogen-bond acceptors (Lipinski definition) is 4. The summed E-state index contributed by atoms with van der Waals surface area (Å²) in [4.78, 5) is 23.6. The van der Waals surface area contributed by atoms with E-state index in [0.717, 1.165) is 18.8 Å². The Hall–Kier alpha value is -1.30. The number of carbonyl (C=O) groups is 2. The summed E-state index contributed by atoms with van der Waals surface area (Å²) in [7, 11) is 0. The number of ether oxygens (including phenoxy) is 1. The van der Waals surface area contributed by atoms with Gasteiger partial charge >= 0.3 is 0 Å². The van der Waals surface area contributed by atoms with Crippen molar-refractivity contribution in [2.24, 2.45) is 29.6 Å². The topological polar surface area (TPSA) is 75.6 Å². The number of aliphatic hydroxyl groups excluding tert-OH is 1. The van der Waals surface area contributed by atoms with Gasteiger partial charge in [-0.1, -0.05) is 23.2 Å². The zero-order valence-electron chi connectivity index (χ0n) is 16.3. The molecule has 2 N–H and O–H groups in total. The minimum Gasteiger partial charge on any atom is -0.492 e. The first-order valence-electron chi connectivity index (χ1n) is 10.5. The van der Waals surface area contributed by atoms with Crippen molar-refractivity contribution >= 4 is 35.4 Å². The Morgan fingerprint density at radius 1 is 1.21 bits per heavy atom. The molecule has 4 bridgehead atoms.